The fourth-order valence-corrected chi connectivity index (χ4v) is 3.70. The van der Waals surface area contributed by atoms with E-state index in [1.165, 1.54) is 0 Å². The number of rotatable bonds is 1. The summed E-state index contributed by atoms with van der Waals surface area (Å²) in [6.45, 7) is 1.85. The van der Waals surface area contributed by atoms with Crippen LogP contribution in [-0.4, -0.2) is 5.78 Å². The molecule has 0 saturated heterocycles. The standard InChI is InChI=1S/C23H16O/c1-2-16-23(17-10-4-3-5-11-17)20-14-8-6-12-18(20)22(24)19-13-7-9-15-21(19)23/h3-15H,1H3. The predicted octanol–water partition coefficient (Wildman–Crippen LogP) is 4.59. The van der Waals surface area contributed by atoms with E-state index in [0.29, 0.717) is 0 Å². The zero-order chi connectivity index (χ0) is 16.6. The molecule has 0 unspecified atom stereocenters. The van der Waals surface area contributed by atoms with E-state index in [4.69, 9.17) is 0 Å². The first-order valence-electron chi connectivity index (χ1n) is 8.02. The molecule has 0 fully saturated rings. The summed E-state index contributed by atoms with van der Waals surface area (Å²) in [6.07, 6.45) is 0. The maximum Gasteiger partial charge on any atom is 0.193 e. The summed E-state index contributed by atoms with van der Waals surface area (Å²) in [5.41, 5.74) is 3.89. The van der Waals surface area contributed by atoms with Gasteiger partial charge in [0.25, 0.3) is 0 Å². The first kappa shape index (κ1) is 14.5. The highest BCUT2D eigenvalue weighted by Crippen LogP contribution is 2.45. The van der Waals surface area contributed by atoms with E-state index >= 15 is 0 Å². The van der Waals surface area contributed by atoms with Crippen LogP contribution < -0.4 is 0 Å². The Bertz CT molecular complexity index is 938. The van der Waals surface area contributed by atoms with E-state index in [-0.39, 0.29) is 5.78 Å². The van der Waals surface area contributed by atoms with Gasteiger partial charge in [-0.15, -0.1) is 5.92 Å². The highest BCUT2D eigenvalue weighted by Gasteiger charge is 2.43. The lowest BCUT2D eigenvalue weighted by atomic mass is 9.63. The zero-order valence-electron chi connectivity index (χ0n) is 13.4. The molecule has 3 aromatic rings. The topological polar surface area (TPSA) is 17.1 Å². The van der Waals surface area contributed by atoms with E-state index in [0.717, 1.165) is 27.8 Å². The fraction of sp³-hybridized carbons (Fsp3) is 0.0870. The Morgan fingerprint density at radius 2 is 1.21 bits per heavy atom. The number of hydrogen-bond donors (Lipinski definition) is 0. The molecule has 1 aliphatic rings. The summed E-state index contributed by atoms with van der Waals surface area (Å²) in [5.74, 6) is 6.63. The number of carbonyl (C=O) groups is 1. The summed E-state index contributed by atoms with van der Waals surface area (Å²) in [5, 5.41) is 0. The molecular weight excluding hydrogens is 292 g/mol. The minimum atomic E-state index is -0.614. The Hall–Kier alpha value is -3.11. The second-order valence-electron chi connectivity index (χ2n) is 5.91. The molecule has 0 atom stereocenters. The third-order valence-electron chi connectivity index (χ3n) is 4.67. The second-order valence-corrected chi connectivity index (χ2v) is 5.91. The maximum atomic E-state index is 13.0. The number of carbonyl (C=O) groups excluding carboxylic acids is 1. The maximum absolute atomic E-state index is 13.0. The van der Waals surface area contributed by atoms with Crippen LogP contribution >= 0.6 is 0 Å². The van der Waals surface area contributed by atoms with Crippen LogP contribution in [-0.2, 0) is 5.41 Å². The van der Waals surface area contributed by atoms with Crippen molar-refractivity contribution in [3.63, 3.8) is 0 Å². The Kier molecular flexibility index (Phi) is 3.32. The summed E-state index contributed by atoms with van der Waals surface area (Å²) < 4.78 is 0. The third kappa shape index (κ3) is 1.87. The SMILES string of the molecule is CC#CC1(c2ccccc2)c2ccccc2C(=O)c2ccccc21. The van der Waals surface area contributed by atoms with Crippen LogP contribution in [0.25, 0.3) is 0 Å². The van der Waals surface area contributed by atoms with Crippen molar-refractivity contribution in [2.24, 2.45) is 0 Å². The number of hydrogen-bond acceptors (Lipinski definition) is 1. The van der Waals surface area contributed by atoms with E-state index < -0.39 is 5.41 Å². The molecule has 0 aromatic heterocycles. The predicted molar refractivity (Wildman–Crippen MR) is 96.1 cm³/mol. The van der Waals surface area contributed by atoms with Crippen LogP contribution in [0.15, 0.2) is 78.9 Å². The Labute approximate surface area is 142 Å². The lowest BCUT2D eigenvalue weighted by molar-refractivity contribution is 0.103. The van der Waals surface area contributed by atoms with Gasteiger partial charge in [0, 0.05) is 11.1 Å². The zero-order valence-corrected chi connectivity index (χ0v) is 13.4. The van der Waals surface area contributed by atoms with Crippen LogP contribution in [0.4, 0.5) is 0 Å². The molecule has 0 saturated carbocycles. The molecule has 114 valence electrons. The smallest absolute Gasteiger partial charge is 0.193 e. The van der Waals surface area contributed by atoms with Crippen molar-refractivity contribution in [3.05, 3.63) is 107 Å². The Morgan fingerprint density at radius 1 is 0.708 bits per heavy atom. The molecule has 4 rings (SSSR count). The highest BCUT2D eigenvalue weighted by atomic mass is 16.1. The fourth-order valence-electron chi connectivity index (χ4n) is 3.70. The van der Waals surface area contributed by atoms with Gasteiger partial charge in [0.2, 0.25) is 0 Å². The number of fused-ring (bicyclic) bond motifs is 2. The van der Waals surface area contributed by atoms with Gasteiger partial charge in [0.1, 0.15) is 5.41 Å². The number of benzene rings is 3. The largest absolute Gasteiger partial charge is 0.289 e. The van der Waals surface area contributed by atoms with Gasteiger partial charge < -0.3 is 0 Å². The second kappa shape index (κ2) is 5.51. The van der Waals surface area contributed by atoms with E-state index in [9.17, 15) is 4.79 Å². The van der Waals surface area contributed by atoms with Gasteiger partial charge in [-0.1, -0.05) is 84.8 Å². The Morgan fingerprint density at radius 3 is 1.75 bits per heavy atom. The van der Waals surface area contributed by atoms with Gasteiger partial charge >= 0.3 is 0 Å². The normalized spacial score (nSPS) is 14.1. The van der Waals surface area contributed by atoms with Crippen molar-refractivity contribution in [2.45, 2.75) is 12.3 Å². The first-order chi connectivity index (χ1) is 11.8. The van der Waals surface area contributed by atoms with E-state index in [2.05, 4.69) is 24.0 Å². The van der Waals surface area contributed by atoms with Gasteiger partial charge in [-0.25, -0.2) is 0 Å². The summed E-state index contributed by atoms with van der Waals surface area (Å²) >= 11 is 0. The molecule has 1 aliphatic carbocycles. The van der Waals surface area contributed by atoms with Gasteiger partial charge in [0.05, 0.1) is 0 Å². The average molecular weight is 308 g/mol. The van der Waals surface area contributed by atoms with E-state index in [1.807, 2.05) is 73.7 Å². The van der Waals surface area contributed by atoms with Crippen molar-refractivity contribution in [3.8, 4) is 11.8 Å². The van der Waals surface area contributed by atoms with Crippen LogP contribution in [0.2, 0.25) is 0 Å². The van der Waals surface area contributed by atoms with Gasteiger partial charge in [-0.05, 0) is 23.6 Å². The van der Waals surface area contributed by atoms with Gasteiger partial charge in [-0.2, -0.15) is 0 Å². The molecule has 1 nitrogen and oxygen atoms in total. The number of ketones is 1. The van der Waals surface area contributed by atoms with Crippen molar-refractivity contribution >= 4 is 5.78 Å². The molecule has 0 heterocycles. The van der Waals surface area contributed by atoms with Crippen molar-refractivity contribution in [1.29, 1.82) is 0 Å². The molecular formula is C23H16O. The van der Waals surface area contributed by atoms with Gasteiger partial charge in [0.15, 0.2) is 5.78 Å². The van der Waals surface area contributed by atoms with Crippen molar-refractivity contribution in [1.82, 2.24) is 0 Å². The lowest BCUT2D eigenvalue weighted by Crippen LogP contribution is -2.35. The Balaban J connectivity index is 2.19. The van der Waals surface area contributed by atoms with E-state index in [1.54, 1.807) is 0 Å². The minimum Gasteiger partial charge on any atom is -0.289 e. The van der Waals surface area contributed by atoms with Crippen LogP contribution in [0.3, 0.4) is 0 Å². The summed E-state index contributed by atoms with van der Waals surface area (Å²) in [6, 6.07) is 25.9. The molecule has 1 heteroatoms. The van der Waals surface area contributed by atoms with Crippen molar-refractivity contribution in [2.75, 3.05) is 0 Å². The summed E-state index contributed by atoms with van der Waals surface area (Å²) in [4.78, 5) is 13.0. The first-order valence-corrected chi connectivity index (χ1v) is 8.02. The molecule has 0 aliphatic heterocycles. The van der Waals surface area contributed by atoms with Gasteiger partial charge in [-0.3, -0.25) is 4.79 Å². The van der Waals surface area contributed by atoms with Crippen LogP contribution in [0.5, 0.6) is 0 Å². The molecule has 0 radical (unpaired) electrons. The van der Waals surface area contributed by atoms with Crippen molar-refractivity contribution < 1.29 is 4.79 Å². The quantitative estimate of drug-likeness (QED) is 0.601. The minimum absolute atomic E-state index is 0.0747. The van der Waals surface area contributed by atoms with Crippen LogP contribution in [0.1, 0.15) is 39.5 Å². The molecule has 0 amide bonds. The lowest BCUT2D eigenvalue weighted by Gasteiger charge is -2.37. The molecule has 0 N–H and O–H groups in total. The molecule has 0 spiro atoms. The summed E-state index contributed by atoms with van der Waals surface area (Å²) in [7, 11) is 0. The molecule has 24 heavy (non-hydrogen) atoms. The highest BCUT2D eigenvalue weighted by molar-refractivity contribution is 6.14. The van der Waals surface area contributed by atoms with Crippen LogP contribution in [0, 0.1) is 11.8 Å². The molecule has 0 bridgehead atoms. The molecule has 3 aromatic carbocycles. The monoisotopic (exact) mass is 308 g/mol. The average Bonchev–Trinajstić information content (AvgIpc) is 2.66. The third-order valence-corrected chi connectivity index (χ3v) is 4.67.